The van der Waals surface area contributed by atoms with Crippen LogP contribution in [-0.4, -0.2) is 49.0 Å². The van der Waals surface area contributed by atoms with E-state index in [9.17, 15) is 34.4 Å². The molecule has 10 nitrogen and oxygen atoms in total. The third-order valence-electron chi connectivity index (χ3n) is 8.49. The molecule has 6 rings (SSSR count). The van der Waals surface area contributed by atoms with Crippen LogP contribution in [0.1, 0.15) is 43.0 Å². The lowest BCUT2D eigenvalue weighted by Crippen LogP contribution is -2.47. The van der Waals surface area contributed by atoms with Crippen LogP contribution in [0.2, 0.25) is 0 Å². The fourth-order valence-corrected chi connectivity index (χ4v) is 10.2. The number of H-pyrrole nitrogens is 1. The van der Waals surface area contributed by atoms with Crippen molar-refractivity contribution in [3.63, 3.8) is 0 Å². The molecular weight excluding hydrogens is 518 g/mol. The van der Waals surface area contributed by atoms with Crippen molar-refractivity contribution >= 4 is 46.6 Å². The summed E-state index contributed by atoms with van der Waals surface area (Å²) in [7, 11) is 0. The summed E-state index contributed by atoms with van der Waals surface area (Å²) in [6, 6.07) is 5.22. The van der Waals surface area contributed by atoms with Crippen LogP contribution in [0.25, 0.3) is 0 Å². The molecule has 4 aliphatic rings. The maximum absolute atomic E-state index is 13.7. The van der Waals surface area contributed by atoms with Gasteiger partial charge in [0.25, 0.3) is 5.69 Å². The van der Waals surface area contributed by atoms with E-state index in [-0.39, 0.29) is 51.8 Å². The summed E-state index contributed by atoms with van der Waals surface area (Å²) >= 11 is 2.61. The van der Waals surface area contributed by atoms with Gasteiger partial charge in [-0.05, 0) is 42.1 Å². The Bertz CT molecular complexity index is 1400. The van der Waals surface area contributed by atoms with Gasteiger partial charge in [0.15, 0.2) is 0 Å². The van der Waals surface area contributed by atoms with E-state index in [1.54, 1.807) is 6.07 Å². The van der Waals surface area contributed by atoms with E-state index in [0.717, 1.165) is 21.1 Å². The molecule has 2 N–H and O–H groups in total. The molecule has 0 radical (unpaired) electrons. The van der Waals surface area contributed by atoms with Crippen LogP contribution in [0.4, 0.5) is 5.69 Å². The van der Waals surface area contributed by atoms with E-state index in [4.69, 9.17) is 0 Å². The minimum atomic E-state index is -1.19. The van der Waals surface area contributed by atoms with Gasteiger partial charge in [-0.1, -0.05) is 37.3 Å². The van der Waals surface area contributed by atoms with Gasteiger partial charge in [0, 0.05) is 28.2 Å². The zero-order chi connectivity index (χ0) is 26.3. The molecule has 2 amide bonds. The number of non-ortho nitro benzene ring substituents is 1. The van der Waals surface area contributed by atoms with Gasteiger partial charge in [-0.25, -0.2) is 4.79 Å². The van der Waals surface area contributed by atoms with Crippen LogP contribution >= 0.6 is 23.1 Å². The van der Waals surface area contributed by atoms with Crippen molar-refractivity contribution in [2.75, 3.05) is 0 Å². The molecule has 1 aromatic heterocycles. The van der Waals surface area contributed by atoms with Gasteiger partial charge in [-0.2, -0.15) is 0 Å². The molecule has 0 unspecified atom stereocenters. The number of carboxylic acid groups (broad SMARTS) is 1. The second-order valence-corrected chi connectivity index (χ2v) is 13.0. The Morgan fingerprint density at radius 2 is 1.92 bits per heavy atom. The molecule has 2 saturated carbocycles. The number of amides is 2. The number of imide groups is 1. The Balaban J connectivity index is 1.43. The maximum atomic E-state index is 13.7. The summed E-state index contributed by atoms with van der Waals surface area (Å²) < 4.78 is 0. The van der Waals surface area contributed by atoms with E-state index in [0.29, 0.717) is 17.0 Å². The number of thioether (sulfide) groups is 1. The van der Waals surface area contributed by atoms with Crippen LogP contribution in [0.3, 0.4) is 0 Å². The molecule has 3 fully saturated rings. The average molecular weight is 544 g/mol. The SMILES string of the molecule is CC(C)C[C@H](C(=O)O)N1C(=O)[C@H]2[C@@H]3C[C@@H]([C@@H]2C1=O)[C@H]1[C@H](c2cccc([N+](=O)[O-])c2)c2sc(=O)[nH]c2S[C@H]31. The van der Waals surface area contributed by atoms with Crippen LogP contribution in [-0.2, 0) is 14.4 Å². The molecule has 2 aromatic rings. The lowest BCUT2D eigenvalue weighted by molar-refractivity contribution is -0.384. The minimum absolute atomic E-state index is 0.0111. The quantitative estimate of drug-likeness (QED) is 0.320. The number of hydrogen-bond acceptors (Lipinski definition) is 8. The summed E-state index contributed by atoms with van der Waals surface area (Å²) in [5, 5.41) is 22.0. The second kappa shape index (κ2) is 8.52. The second-order valence-electron chi connectivity index (χ2n) is 10.8. The van der Waals surface area contributed by atoms with Crippen molar-refractivity contribution in [2.45, 2.75) is 48.9 Å². The van der Waals surface area contributed by atoms with Crippen molar-refractivity contribution in [3.8, 4) is 0 Å². The number of nitro groups is 1. The van der Waals surface area contributed by atoms with Gasteiger partial charge in [0.05, 0.1) is 21.8 Å². The van der Waals surface area contributed by atoms with Gasteiger partial charge in [-0.3, -0.25) is 29.4 Å². The van der Waals surface area contributed by atoms with Crippen molar-refractivity contribution in [1.29, 1.82) is 0 Å². The average Bonchev–Trinajstić information content (AvgIpc) is 3.56. The molecule has 3 heterocycles. The number of thiazole rings is 1. The number of rotatable bonds is 6. The highest BCUT2D eigenvalue weighted by molar-refractivity contribution is 8.00. The predicted octanol–water partition coefficient (Wildman–Crippen LogP) is 3.32. The van der Waals surface area contributed by atoms with Gasteiger partial charge in [0.2, 0.25) is 11.8 Å². The van der Waals surface area contributed by atoms with Crippen LogP contribution < -0.4 is 4.87 Å². The summed E-state index contributed by atoms with van der Waals surface area (Å²) in [5.74, 6) is -3.94. The molecule has 1 saturated heterocycles. The molecule has 12 heteroatoms. The lowest BCUT2D eigenvalue weighted by atomic mass is 9.68. The van der Waals surface area contributed by atoms with E-state index >= 15 is 0 Å². The number of aliphatic carboxylic acids is 1. The molecule has 0 spiro atoms. The Labute approximate surface area is 219 Å². The summed E-state index contributed by atoms with van der Waals surface area (Å²) in [4.78, 5) is 67.3. The molecule has 2 aliphatic carbocycles. The zero-order valence-corrected chi connectivity index (χ0v) is 21.7. The van der Waals surface area contributed by atoms with Crippen LogP contribution in [0.5, 0.6) is 0 Å². The summed E-state index contributed by atoms with van der Waals surface area (Å²) in [5.41, 5.74) is 0.663. The number of benzene rings is 1. The number of carbonyl (C=O) groups is 3. The Morgan fingerprint density at radius 3 is 2.57 bits per heavy atom. The van der Waals surface area contributed by atoms with Gasteiger partial charge in [0.1, 0.15) is 6.04 Å². The molecular formula is C25H25N3O7S2. The first kappa shape index (κ1) is 24.4. The number of nitrogens with one attached hydrogen (secondary N) is 1. The smallest absolute Gasteiger partial charge is 0.326 e. The number of aromatic nitrogens is 1. The fourth-order valence-electron chi connectivity index (χ4n) is 7.32. The molecule has 2 aliphatic heterocycles. The predicted molar refractivity (Wildman–Crippen MR) is 134 cm³/mol. The minimum Gasteiger partial charge on any atom is -0.480 e. The number of hydrogen-bond donors (Lipinski definition) is 2. The number of nitro benzene ring substituents is 1. The lowest BCUT2D eigenvalue weighted by Gasteiger charge is -2.43. The number of nitrogens with zero attached hydrogens (tertiary/aromatic N) is 2. The number of carboxylic acids is 1. The normalized spacial score (nSPS) is 32.4. The molecule has 194 valence electrons. The van der Waals surface area contributed by atoms with Crippen molar-refractivity contribution in [2.24, 2.45) is 35.5 Å². The third-order valence-corrected chi connectivity index (χ3v) is 11.1. The first-order chi connectivity index (χ1) is 17.6. The monoisotopic (exact) mass is 543 g/mol. The molecule has 8 atom stereocenters. The largest absolute Gasteiger partial charge is 0.480 e. The van der Waals surface area contributed by atoms with Crippen molar-refractivity contribution < 1.29 is 24.4 Å². The number of aromatic amines is 1. The summed E-state index contributed by atoms with van der Waals surface area (Å²) in [6.45, 7) is 3.72. The van der Waals surface area contributed by atoms with Crippen molar-refractivity contribution in [1.82, 2.24) is 9.88 Å². The van der Waals surface area contributed by atoms with E-state index in [1.807, 2.05) is 19.9 Å². The molecule has 1 aromatic carbocycles. The fraction of sp³-hybridized carbons (Fsp3) is 0.520. The van der Waals surface area contributed by atoms with Crippen LogP contribution in [0, 0.1) is 45.6 Å². The standard InChI is InChI=1S/C25H25N3O7S2/c1-9(2)6-14(24(31)32)27-22(29)17-12-8-13(18(17)23(27)30)19-16(12)15(20-21(36-19)26-25(33)37-20)10-4-3-5-11(7-10)28(34)35/h3-5,7,9,12-19H,6,8H2,1-2H3,(H,26,33)(H,31,32)/t12-,13+,14-,15+,16+,17+,18+,19-/m1/s1. The highest BCUT2D eigenvalue weighted by Crippen LogP contribution is 2.68. The first-order valence-electron chi connectivity index (χ1n) is 12.3. The van der Waals surface area contributed by atoms with Gasteiger partial charge >= 0.3 is 10.8 Å². The van der Waals surface area contributed by atoms with E-state index in [1.165, 1.54) is 23.9 Å². The molecule has 37 heavy (non-hydrogen) atoms. The highest BCUT2D eigenvalue weighted by atomic mass is 32.2. The number of carbonyl (C=O) groups excluding carboxylic acids is 2. The van der Waals surface area contributed by atoms with Crippen molar-refractivity contribution in [3.05, 3.63) is 54.5 Å². The van der Waals surface area contributed by atoms with E-state index in [2.05, 4.69) is 4.98 Å². The number of likely N-dealkylation sites (tertiary alicyclic amines) is 1. The van der Waals surface area contributed by atoms with Crippen LogP contribution in [0.15, 0.2) is 34.1 Å². The van der Waals surface area contributed by atoms with Gasteiger partial charge < -0.3 is 10.1 Å². The zero-order valence-electron chi connectivity index (χ0n) is 20.0. The Hall–Kier alpha value is -2.99. The molecule has 2 bridgehead atoms. The summed E-state index contributed by atoms with van der Waals surface area (Å²) in [6.07, 6.45) is 0.855. The third kappa shape index (κ3) is 3.52. The topological polar surface area (TPSA) is 151 Å². The number of fused-ring (bicyclic) bond motifs is 9. The Morgan fingerprint density at radius 1 is 1.22 bits per heavy atom. The van der Waals surface area contributed by atoms with E-state index < -0.39 is 40.6 Å². The first-order valence-corrected chi connectivity index (χ1v) is 14.0. The highest BCUT2D eigenvalue weighted by Gasteiger charge is 2.70. The maximum Gasteiger partial charge on any atom is 0.326 e. The Kier molecular flexibility index (Phi) is 5.61. The van der Waals surface area contributed by atoms with Gasteiger partial charge in [-0.15, -0.1) is 11.8 Å².